The van der Waals surface area contributed by atoms with Gasteiger partial charge >= 0.3 is 0 Å². The molecule has 0 radical (unpaired) electrons. The zero-order chi connectivity index (χ0) is 24.3. The first-order valence-electron chi connectivity index (χ1n) is 11.7. The van der Waals surface area contributed by atoms with Gasteiger partial charge in [0.25, 0.3) is 8.32 Å². The topological polar surface area (TPSA) is 26.3 Å². The SMILES string of the molecule is CC(C)(C)[Si](C)(C)Oc1c(/C=C\C(=O)c2ccccc2)c(-c2ccccc2)cc2ccccc12. The van der Waals surface area contributed by atoms with Gasteiger partial charge in [0, 0.05) is 16.5 Å². The van der Waals surface area contributed by atoms with Crippen molar-refractivity contribution in [2.24, 2.45) is 0 Å². The van der Waals surface area contributed by atoms with Crippen molar-refractivity contribution >= 4 is 30.9 Å². The summed E-state index contributed by atoms with van der Waals surface area (Å²) in [6, 6.07) is 30.3. The minimum Gasteiger partial charge on any atom is -0.543 e. The summed E-state index contributed by atoms with van der Waals surface area (Å²) in [4.78, 5) is 13.0. The number of hydrogen-bond acceptors (Lipinski definition) is 2. The Hall–Kier alpha value is -3.43. The average molecular weight is 465 g/mol. The monoisotopic (exact) mass is 464 g/mol. The molecular formula is C31H32O2Si. The van der Waals surface area contributed by atoms with Crippen molar-refractivity contribution in [1.82, 2.24) is 0 Å². The van der Waals surface area contributed by atoms with Crippen LogP contribution in [0.1, 0.15) is 36.7 Å². The molecule has 0 aliphatic heterocycles. The first-order valence-corrected chi connectivity index (χ1v) is 14.7. The Morgan fingerprint density at radius 2 is 1.41 bits per heavy atom. The van der Waals surface area contributed by atoms with Gasteiger partial charge in [-0.15, -0.1) is 0 Å². The van der Waals surface area contributed by atoms with E-state index in [1.54, 1.807) is 6.08 Å². The Balaban J connectivity index is 1.96. The molecule has 4 aromatic rings. The van der Waals surface area contributed by atoms with Crippen LogP contribution in [0.4, 0.5) is 0 Å². The fraction of sp³-hybridized carbons (Fsp3) is 0.194. The van der Waals surface area contributed by atoms with E-state index in [2.05, 4.69) is 70.3 Å². The molecule has 0 aliphatic carbocycles. The highest BCUT2D eigenvalue weighted by molar-refractivity contribution is 6.74. The highest BCUT2D eigenvalue weighted by Gasteiger charge is 2.39. The third-order valence-electron chi connectivity index (χ3n) is 6.75. The molecule has 0 bridgehead atoms. The number of rotatable bonds is 6. The lowest BCUT2D eigenvalue weighted by Crippen LogP contribution is -2.44. The van der Waals surface area contributed by atoms with Crippen molar-refractivity contribution in [1.29, 1.82) is 0 Å². The first kappa shape index (κ1) is 23.7. The van der Waals surface area contributed by atoms with Crippen LogP contribution >= 0.6 is 0 Å². The molecule has 0 spiro atoms. The summed E-state index contributed by atoms with van der Waals surface area (Å²) < 4.78 is 6.99. The summed E-state index contributed by atoms with van der Waals surface area (Å²) in [7, 11) is -2.16. The fourth-order valence-corrected chi connectivity index (χ4v) is 4.76. The van der Waals surface area contributed by atoms with Crippen molar-refractivity contribution in [2.45, 2.75) is 38.9 Å². The number of allylic oxidation sites excluding steroid dienone is 1. The van der Waals surface area contributed by atoms with Crippen LogP contribution in [0.5, 0.6) is 5.75 Å². The Bertz CT molecular complexity index is 1330. The van der Waals surface area contributed by atoms with Crippen molar-refractivity contribution < 1.29 is 9.22 Å². The number of hydrogen-bond donors (Lipinski definition) is 0. The molecule has 172 valence electrons. The van der Waals surface area contributed by atoms with Gasteiger partial charge in [0.2, 0.25) is 0 Å². The van der Waals surface area contributed by atoms with Gasteiger partial charge in [-0.25, -0.2) is 0 Å². The highest BCUT2D eigenvalue weighted by atomic mass is 28.4. The van der Waals surface area contributed by atoms with E-state index in [1.807, 2.05) is 60.7 Å². The number of carbonyl (C=O) groups is 1. The zero-order valence-electron chi connectivity index (χ0n) is 20.6. The van der Waals surface area contributed by atoms with Gasteiger partial charge in [-0.3, -0.25) is 4.79 Å². The summed E-state index contributed by atoms with van der Waals surface area (Å²) in [6.07, 6.45) is 3.61. The lowest BCUT2D eigenvalue weighted by Gasteiger charge is -2.37. The van der Waals surface area contributed by atoms with Crippen LogP contribution in [-0.4, -0.2) is 14.1 Å². The maximum Gasteiger partial charge on any atom is 0.250 e. The van der Waals surface area contributed by atoms with E-state index < -0.39 is 8.32 Å². The molecule has 0 saturated carbocycles. The molecule has 0 amide bonds. The zero-order valence-corrected chi connectivity index (χ0v) is 21.6. The van der Waals surface area contributed by atoms with Gasteiger partial charge in [0.15, 0.2) is 5.78 Å². The summed E-state index contributed by atoms with van der Waals surface area (Å²) in [5.41, 5.74) is 3.77. The summed E-state index contributed by atoms with van der Waals surface area (Å²) in [5, 5.41) is 2.23. The number of fused-ring (bicyclic) bond motifs is 1. The molecule has 4 aromatic carbocycles. The quantitative estimate of drug-likeness (QED) is 0.162. The van der Waals surface area contributed by atoms with Crippen LogP contribution in [-0.2, 0) is 0 Å². The molecular weight excluding hydrogens is 432 g/mol. The smallest absolute Gasteiger partial charge is 0.250 e. The minimum atomic E-state index is -2.16. The molecule has 3 heteroatoms. The van der Waals surface area contributed by atoms with Gasteiger partial charge in [0.05, 0.1) is 0 Å². The van der Waals surface area contributed by atoms with E-state index in [0.717, 1.165) is 33.2 Å². The Labute approximate surface area is 204 Å². The van der Waals surface area contributed by atoms with Gasteiger partial charge in [-0.05, 0) is 52.9 Å². The minimum absolute atomic E-state index is 0.0222. The van der Waals surface area contributed by atoms with Crippen LogP contribution in [0.3, 0.4) is 0 Å². The van der Waals surface area contributed by atoms with Gasteiger partial charge in [0.1, 0.15) is 5.75 Å². The normalized spacial score (nSPS) is 12.3. The van der Waals surface area contributed by atoms with Crippen molar-refractivity contribution in [3.63, 3.8) is 0 Å². The molecule has 0 saturated heterocycles. The third kappa shape index (κ3) is 4.90. The third-order valence-corrected chi connectivity index (χ3v) is 11.1. The number of benzene rings is 4. The molecule has 0 atom stereocenters. The Morgan fingerprint density at radius 3 is 2.06 bits per heavy atom. The Kier molecular flexibility index (Phi) is 6.58. The van der Waals surface area contributed by atoms with Crippen LogP contribution in [0.25, 0.3) is 28.0 Å². The van der Waals surface area contributed by atoms with E-state index in [-0.39, 0.29) is 10.8 Å². The average Bonchev–Trinajstić information content (AvgIpc) is 2.83. The van der Waals surface area contributed by atoms with E-state index in [9.17, 15) is 4.79 Å². The maximum absolute atomic E-state index is 13.0. The van der Waals surface area contributed by atoms with Gasteiger partial charge in [-0.2, -0.15) is 0 Å². The van der Waals surface area contributed by atoms with Gasteiger partial charge < -0.3 is 4.43 Å². The van der Waals surface area contributed by atoms with Crippen molar-refractivity contribution in [3.8, 4) is 16.9 Å². The van der Waals surface area contributed by atoms with E-state index in [0.29, 0.717) is 5.56 Å². The molecule has 4 rings (SSSR count). The second-order valence-electron chi connectivity index (χ2n) is 10.2. The standard InChI is InChI=1S/C31H32O2Si/c1-31(2,3)34(4,5)33-30-26-19-13-12-18-25(26)22-28(23-14-8-6-9-15-23)27(30)20-21-29(32)24-16-10-7-11-17-24/h6-22H,1-5H3/b21-20-. The number of ketones is 1. The molecule has 0 fully saturated rings. The predicted molar refractivity (Wildman–Crippen MR) is 147 cm³/mol. The first-order chi connectivity index (χ1) is 16.2. The second-order valence-corrected chi connectivity index (χ2v) is 14.9. The lowest BCUT2D eigenvalue weighted by atomic mass is 9.93. The summed E-state index contributed by atoms with van der Waals surface area (Å²) >= 11 is 0. The lowest BCUT2D eigenvalue weighted by molar-refractivity contribution is 0.104. The highest BCUT2D eigenvalue weighted by Crippen LogP contribution is 2.44. The van der Waals surface area contributed by atoms with Gasteiger partial charge in [-0.1, -0.05) is 106 Å². The predicted octanol–water partition coefficient (Wildman–Crippen LogP) is 8.79. The van der Waals surface area contributed by atoms with Crippen molar-refractivity contribution in [3.05, 3.63) is 108 Å². The fourth-order valence-electron chi connectivity index (χ4n) is 3.73. The summed E-state index contributed by atoms with van der Waals surface area (Å²) in [5.74, 6) is 0.840. The molecule has 2 nitrogen and oxygen atoms in total. The molecule has 0 heterocycles. The van der Waals surface area contributed by atoms with E-state index in [1.165, 1.54) is 0 Å². The largest absolute Gasteiger partial charge is 0.543 e. The van der Waals surface area contributed by atoms with E-state index in [4.69, 9.17) is 4.43 Å². The maximum atomic E-state index is 13.0. The Morgan fingerprint density at radius 1 is 0.824 bits per heavy atom. The van der Waals surface area contributed by atoms with Crippen LogP contribution in [0.2, 0.25) is 18.1 Å². The molecule has 0 aliphatic rings. The molecule has 0 unspecified atom stereocenters. The van der Waals surface area contributed by atoms with Crippen LogP contribution in [0, 0.1) is 0 Å². The summed E-state index contributed by atoms with van der Waals surface area (Å²) in [6.45, 7) is 11.3. The van der Waals surface area contributed by atoms with Crippen molar-refractivity contribution in [2.75, 3.05) is 0 Å². The van der Waals surface area contributed by atoms with E-state index >= 15 is 0 Å². The molecule has 0 aromatic heterocycles. The second kappa shape index (κ2) is 9.44. The molecule has 0 N–H and O–H groups in total. The van der Waals surface area contributed by atoms with Crippen LogP contribution in [0.15, 0.2) is 97.1 Å². The number of carbonyl (C=O) groups excluding carboxylic acids is 1. The molecule has 34 heavy (non-hydrogen) atoms. The van der Waals surface area contributed by atoms with Crippen LogP contribution < -0.4 is 4.43 Å².